The van der Waals surface area contributed by atoms with E-state index >= 15 is 0 Å². The Morgan fingerprint density at radius 2 is 1.83 bits per heavy atom. The van der Waals surface area contributed by atoms with Crippen molar-refractivity contribution < 1.29 is 9.18 Å². The molecule has 0 aliphatic heterocycles. The number of hydrogen-bond acceptors (Lipinski definition) is 4. The molecule has 0 aliphatic rings. The molecule has 0 saturated heterocycles. The van der Waals surface area contributed by atoms with E-state index in [1.165, 1.54) is 24.5 Å². The first-order valence-corrected chi connectivity index (χ1v) is 7.35. The number of rotatable bonds is 3. The number of aromatic nitrogens is 2. The Morgan fingerprint density at radius 1 is 1.04 bits per heavy atom. The summed E-state index contributed by atoms with van der Waals surface area (Å²) in [6, 6.07) is 11.1. The van der Waals surface area contributed by atoms with Gasteiger partial charge in [0.1, 0.15) is 5.69 Å². The molecule has 24 heavy (non-hydrogen) atoms. The van der Waals surface area contributed by atoms with Crippen LogP contribution in [0, 0.1) is 5.95 Å². The van der Waals surface area contributed by atoms with Gasteiger partial charge in [-0.2, -0.15) is 4.39 Å². The Balaban J connectivity index is 1.87. The molecule has 0 aliphatic carbocycles. The normalized spacial score (nSPS) is 10.4. The molecule has 5 nitrogen and oxygen atoms in total. The highest BCUT2D eigenvalue weighted by molar-refractivity contribution is 6.30. The van der Waals surface area contributed by atoms with Crippen molar-refractivity contribution in [3.8, 4) is 11.1 Å². The standard InChI is InChI=1S/C17H12ClFN4O/c18-12-3-5-14(21-9-12)17(24)23-15-7-10(1-4-13(15)20)11-2-6-16(19)22-8-11/h1-9H,20H2,(H,23,24). The molecule has 3 rings (SSSR count). The number of carbonyl (C=O) groups excluding carboxylic acids is 1. The van der Waals surface area contributed by atoms with Crippen LogP contribution in [0.25, 0.3) is 11.1 Å². The summed E-state index contributed by atoms with van der Waals surface area (Å²) >= 11 is 5.75. The fourth-order valence-corrected chi connectivity index (χ4v) is 2.20. The number of hydrogen-bond donors (Lipinski definition) is 2. The maximum Gasteiger partial charge on any atom is 0.274 e. The zero-order valence-electron chi connectivity index (χ0n) is 12.3. The van der Waals surface area contributed by atoms with Crippen molar-refractivity contribution in [2.45, 2.75) is 0 Å². The largest absolute Gasteiger partial charge is 0.397 e. The van der Waals surface area contributed by atoms with Gasteiger partial charge >= 0.3 is 0 Å². The smallest absolute Gasteiger partial charge is 0.274 e. The van der Waals surface area contributed by atoms with E-state index in [2.05, 4.69) is 15.3 Å². The third-order valence-corrected chi connectivity index (χ3v) is 3.55. The Labute approximate surface area is 142 Å². The van der Waals surface area contributed by atoms with Crippen LogP contribution >= 0.6 is 11.6 Å². The number of pyridine rings is 2. The quantitative estimate of drug-likeness (QED) is 0.561. The summed E-state index contributed by atoms with van der Waals surface area (Å²) in [5, 5.41) is 3.15. The average Bonchev–Trinajstić information content (AvgIpc) is 2.58. The summed E-state index contributed by atoms with van der Waals surface area (Å²) in [5.41, 5.74) is 8.41. The van der Waals surface area contributed by atoms with Crippen LogP contribution in [0.3, 0.4) is 0 Å². The Morgan fingerprint density at radius 3 is 2.50 bits per heavy atom. The number of carbonyl (C=O) groups is 1. The molecular weight excluding hydrogens is 331 g/mol. The Hall–Kier alpha value is -2.99. The van der Waals surface area contributed by atoms with Crippen molar-refractivity contribution in [3.05, 3.63) is 71.5 Å². The van der Waals surface area contributed by atoms with Crippen LogP contribution in [-0.2, 0) is 0 Å². The van der Waals surface area contributed by atoms with E-state index in [-0.39, 0.29) is 5.69 Å². The van der Waals surface area contributed by atoms with Crippen molar-refractivity contribution in [2.75, 3.05) is 11.1 Å². The topological polar surface area (TPSA) is 80.9 Å². The molecule has 120 valence electrons. The van der Waals surface area contributed by atoms with E-state index in [1.807, 2.05) is 0 Å². The number of nitrogens with two attached hydrogens (primary N) is 1. The van der Waals surface area contributed by atoms with Crippen LogP contribution in [0.5, 0.6) is 0 Å². The molecule has 3 aromatic rings. The van der Waals surface area contributed by atoms with Gasteiger partial charge in [0.25, 0.3) is 5.91 Å². The van der Waals surface area contributed by atoms with Crippen LogP contribution in [0.1, 0.15) is 10.5 Å². The summed E-state index contributed by atoms with van der Waals surface area (Å²) < 4.78 is 12.9. The molecule has 3 N–H and O–H groups in total. The lowest BCUT2D eigenvalue weighted by atomic mass is 10.1. The highest BCUT2D eigenvalue weighted by Gasteiger charge is 2.11. The second kappa shape index (κ2) is 6.64. The zero-order chi connectivity index (χ0) is 17.1. The molecule has 0 fully saturated rings. The van der Waals surface area contributed by atoms with Crippen molar-refractivity contribution in [1.29, 1.82) is 0 Å². The fourth-order valence-electron chi connectivity index (χ4n) is 2.09. The van der Waals surface area contributed by atoms with Gasteiger partial charge in [0, 0.05) is 18.0 Å². The van der Waals surface area contributed by atoms with Gasteiger partial charge in [0.05, 0.1) is 16.4 Å². The summed E-state index contributed by atoms with van der Waals surface area (Å²) in [6.07, 6.45) is 2.80. The van der Waals surface area contributed by atoms with Gasteiger partial charge < -0.3 is 11.1 Å². The van der Waals surface area contributed by atoms with E-state index in [9.17, 15) is 9.18 Å². The lowest BCUT2D eigenvalue weighted by Crippen LogP contribution is -2.14. The maximum absolute atomic E-state index is 12.9. The highest BCUT2D eigenvalue weighted by atomic mass is 35.5. The summed E-state index contributed by atoms with van der Waals surface area (Å²) in [4.78, 5) is 19.8. The minimum Gasteiger partial charge on any atom is -0.397 e. The number of amides is 1. The maximum atomic E-state index is 12.9. The molecule has 0 atom stereocenters. The van der Waals surface area contributed by atoms with E-state index in [4.69, 9.17) is 17.3 Å². The molecule has 1 aromatic carbocycles. The molecule has 1 amide bonds. The number of benzene rings is 1. The van der Waals surface area contributed by atoms with Gasteiger partial charge in [-0.15, -0.1) is 0 Å². The average molecular weight is 343 g/mol. The summed E-state index contributed by atoms with van der Waals surface area (Å²) in [5.74, 6) is -0.968. The van der Waals surface area contributed by atoms with Gasteiger partial charge in [-0.1, -0.05) is 17.7 Å². The minimum atomic E-state index is -0.559. The van der Waals surface area contributed by atoms with Crippen LogP contribution in [0.4, 0.5) is 15.8 Å². The predicted molar refractivity (Wildman–Crippen MR) is 91.2 cm³/mol. The van der Waals surface area contributed by atoms with Gasteiger partial charge in [-0.05, 0) is 42.0 Å². The third-order valence-electron chi connectivity index (χ3n) is 3.32. The molecule has 0 spiro atoms. The van der Waals surface area contributed by atoms with Gasteiger partial charge in [0.2, 0.25) is 5.95 Å². The van der Waals surface area contributed by atoms with Gasteiger partial charge in [-0.25, -0.2) is 9.97 Å². The molecule has 0 saturated carbocycles. The number of nitrogens with zero attached hydrogens (tertiary/aromatic N) is 2. The van der Waals surface area contributed by atoms with Crippen molar-refractivity contribution in [2.24, 2.45) is 0 Å². The van der Waals surface area contributed by atoms with E-state index < -0.39 is 11.9 Å². The van der Waals surface area contributed by atoms with Crippen molar-refractivity contribution in [3.63, 3.8) is 0 Å². The van der Waals surface area contributed by atoms with Gasteiger partial charge in [0.15, 0.2) is 0 Å². The van der Waals surface area contributed by atoms with Crippen LogP contribution in [0.15, 0.2) is 54.9 Å². The van der Waals surface area contributed by atoms with Crippen LogP contribution in [0.2, 0.25) is 5.02 Å². The summed E-state index contributed by atoms with van der Waals surface area (Å²) in [7, 11) is 0. The Bertz CT molecular complexity index is 882. The third kappa shape index (κ3) is 3.49. The Kier molecular flexibility index (Phi) is 4.39. The molecular formula is C17H12ClFN4O. The first-order valence-electron chi connectivity index (χ1n) is 6.97. The number of nitrogen functional groups attached to an aromatic ring is 1. The zero-order valence-corrected chi connectivity index (χ0v) is 13.1. The van der Waals surface area contributed by atoms with E-state index in [1.54, 1.807) is 30.3 Å². The molecule has 2 heterocycles. The second-order valence-electron chi connectivity index (χ2n) is 4.99. The first-order chi connectivity index (χ1) is 11.5. The monoisotopic (exact) mass is 342 g/mol. The predicted octanol–water partition coefficient (Wildman–Crippen LogP) is 3.77. The van der Waals surface area contributed by atoms with E-state index in [0.717, 1.165) is 5.56 Å². The van der Waals surface area contributed by atoms with Gasteiger partial charge in [-0.3, -0.25) is 4.79 Å². The lowest BCUT2D eigenvalue weighted by molar-refractivity contribution is 0.102. The molecule has 7 heteroatoms. The number of nitrogens with one attached hydrogen (secondary N) is 1. The SMILES string of the molecule is Nc1ccc(-c2ccc(F)nc2)cc1NC(=O)c1ccc(Cl)cn1. The van der Waals surface area contributed by atoms with Crippen LogP contribution < -0.4 is 11.1 Å². The number of anilines is 2. The molecule has 2 aromatic heterocycles. The number of halogens is 2. The second-order valence-corrected chi connectivity index (χ2v) is 5.42. The van der Waals surface area contributed by atoms with Crippen molar-refractivity contribution >= 4 is 28.9 Å². The minimum absolute atomic E-state index is 0.215. The lowest BCUT2D eigenvalue weighted by Gasteiger charge is -2.10. The fraction of sp³-hybridized carbons (Fsp3) is 0. The summed E-state index contributed by atoms with van der Waals surface area (Å²) in [6.45, 7) is 0. The van der Waals surface area contributed by atoms with E-state index in [0.29, 0.717) is 22.0 Å². The highest BCUT2D eigenvalue weighted by Crippen LogP contribution is 2.27. The molecule has 0 radical (unpaired) electrons. The molecule has 0 bridgehead atoms. The van der Waals surface area contributed by atoms with Crippen LogP contribution in [-0.4, -0.2) is 15.9 Å². The van der Waals surface area contributed by atoms with Crippen molar-refractivity contribution in [1.82, 2.24) is 9.97 Å². The molecule has 0 unspecified atom stereocenters. The first kappa shape index (κ1) is 15.9.